The summed E-state index contributed by atoms with van der Waals surface area (Å²) < 4.78 is 5.49. The Morgan fingerprint density at radius 3 is 2.44 bits per heavy atom. The normalized spacial score (nSPS) is 11.2. The van der Waals surface area contributed by atoms with Gasteiger partial charge in [-0.3, -0.25) is 4.79 Å². The van der Waals surface area contributed by atoms with Crippen molar-refractivity contribution in [3.63, 3.8) is 0 Å². The Morgan fingerprint density at radius 1 is 1.33 bits per heavy atom. The summed E-state index contributed by atoms with van der Waals surface area (Å²) in [6.07, 6.45) is 0. The van der Waals surface area contributed by atoms with Crippen LogP contribution in [0.25, 0.3) is 0 Å². The summed E-state index contributed by atoms with van der Waals surface area (Å²) in [5.41, 5.74) is 8.21. The molecule has 1 aromatic carbocycles. The van der Waals surface area contributed by atoms with Crippen molar-refractivity contribution in [2.24, 2.45) is 0 Å². The van der Waals surface area contributed by atoms with Gasteiger partial charge in [-0.15, -0.1) is 0 Å². The number of benzene rings is 1. The van der Waals surface area contributed by atoms with E-state index in [1.165, 1.54) is 0 Å². The number of aryl methyl sites for hydroxylation is 2. The van der Waals surface area contributed by atoms with E-state index in [0.29, 0.717) is 11.4 Å². The Labute approximate surface area is 109 Å². The minimum absolute atomic E-state index is 0.0224. The van der Waals surface area contributed by atoms with Crippen LogP contribution in [0.2, 0.25) is 0 Å². The van der Waals surface area contributed by atoms with E-state index in [0.717, 1.165) is 11.1 Å². The first-order chi connectivity index (χ1) is 8.19. The fraction of sp³-hybridized carbons (Fsp3) is 0.500. The Hall–Kier alpha value is -1.71. The summed E-state index contributed by atoms with van der Waals surface area (Å²) in [7, 11) is 0. The van der Waals surface area contributed by atoms with Crippen molar-refractivity contribution >= 4 is 11.6 Å². The smallest absolute Gasteiger partial charge is 0.258 e. The molecule has 4 nitrogen and oxygen atoms in total. The molecule has 0 bridgehead atoms. The predicted molar refractivity (Wildman–Crippen MR) is 73.7 cm³/mol. The average molecular weight is 250 g/mol. The highest BCUT2D eigenvalue weighted by Crippen LogP contribution is 2.27. The molecule has 0 heterocycles. The third-order valence-electron chi connectivity index (χ3n) is 2.31. The fourth-order valence-corrected chi connectivity index (χ4v) is 1.78. The topological polar surface area (TPSA) is 64.3 Å². The van der Waals surface area contributed by atoms with Crippen molar-refractivity contribution in [1.29, 1.82) is 0 Å². The summed E-state index contributed by atoms with van der Waals surface area (Å²) in [5, 5.41) is 2.83. The molecule has 4 heteroatoms. The van der Waals surface area contributed by atoms with Gasteiger partial charge >= 0.3 is 0 Å². The van der Waals surface area contributed by atoms with Gasteiger partial charge in [0.1, 0.15) is 5.75 Å². The summed E-state index contributed by atoms with van der Waals surface area (Å²) >= 11 is 0. The first-order valence-electron chi connectivity index (χ1n) is 5.99. The number of carbonyl (C=O) groups excluding carboxylic acids is 1. The summed E-state index contributed by atoms with van der Waals surface area (Å²) in [6.45, 7) is 9.65. The molecule has 0 aliphatic heterocycles. The Balaban J connectivity index is 2.67. The third-order valence-corrected chi connectivity index (χ3v) is 2.31. The molecule has 1 rings (SSSR count). The molecule has 3 N–H and O–H groups in total. The summed E-state index contributed by atoms with van der Waals surface area (Å²) in [5.74, 6) is 0.437. The van der Waals surface area contributed by atoms with Crippen molar-refractivity contribution in [3.05, 3.63) is 23.3 Å². The molecular formula is C14H22N2O2. The first kappa shape index (κ1) is 14.4. The van der Waals surface area contributed by atoms with Gasteiger partial charge in [-0.2, -0.15) is 0 Å². The second kappa shape index (κ2) is 5.29. The molecule has 0 radical (unpaired) electrons. The number of hydrogen-bond donors (Lipinski definition) is 2. The van der Waals surface area contributed by atoms with Gasteiger partial charge in [0.05, 0.1) is 5.69 Å². The molecule has 100 valence electrons. The fourth-order valence-electron chi connectivity index (χ4n) is 1.78. The number of hydrogen-bond acceptors (Lipinski definition) is 3. The predicted octanol–water partition coefficient (Wildman–Crippen LogP) is 2.18. The number of nitrogens with one attached hydrogen (secondary N) is 1. The Kier molecular flexibility index (Phi) is 4.22. The SMILES string of the molecule is Cc1cc(C)c(OCC(=O)NC(C)(C)C)c(N)c1. The van der Waals surface area contributed by atoms with E-state index in [-0.39, 0.29) is 18.1 Å². The van der Waals surface area contributed by atoms with Crippen molar-refractivity contribution in [3.8, 4) is 5.75 Å². The number of amides is 1. The van der Waals surface area contributed by atoms with E-state index in [1.54, 1.807) is 0 Å². The summed E-state index contributed by atoms with van der Waals surface area (Å²) in [4.78, 5) is 11.6. The van der Waals surface area contributed by atoms with Crippen LogP contribution in [-0.4, -0.2) is 18.1 Å². The lowest BCUT2D eigenvalue weighted by Gasteiger charge is -2.21. The van der Waals surface area contributed by atoms with Gasteiger partial charge in [0.15, 0.2) is 6.61 Å². The van der Waals surface area contributed by atoms with Gasteiger partial charge in [0, 0.05) is 5.54 Å². The number of ether oxygens (including phenoxy) is 1. The van der Waals surface area contributed by atoms with E-state index in [9.17, 15) is 4.79 Å². The maximum atomic E-state index is 11.6. The van der Waals surface area contributed by atoms with Crippen molar-refractivity contribution in [1.82, 2.24) is 5.32 Å². The third kappa shape index (κ3) is 4.28. The van der Waals surface area contributed by atoms with Crippen LogP contribution in [-0.2, 0) is 4.79 Å². The maximum Gasteiger partial charge on any atom is 0.258 e. The van der Waals surface area contributed by atoms with Crippen LogP contribution >= 0.6 is 0 Å². The van der Waals surface area contributed by atoms with E-state index in [4.69, 9.17) is 10.5 Å². The molecule has 1 amide bonds. The van der Waals surface area contributed by atoms with E-state index < -0.39 is 0 Å². The Morgan fingerprint density at radius 2 is 1.94 bits per heavy atom. The van der Waals surface area contributed by atoms with Gasteiger partial charge in [0.2, 0.25) is 0 Å². The van der Waals surface area contributed by atoms with Crippen LogP contribution in [0.15, 0.2) is 12.1 Å². The maximum absolute atomic E-state index is 11.6. The lowest BCUT2D eigenvalue weighted by atomic mass is 10.1. The van der Waals surface area contributed by atoms with Crippen LogP contribution < -0.4 is 15.8 Å². The second-order valence-electron chi connectivity index (χ2n) is 5.59. The van der Waals surface area contributed by atoms with E-state index in [1.807, 2.05) is 46.8 Å². The molecule has 1 aromatic rings. The molecule has 0 aromatic heterocycles. The monoisotopic (exact) mass is 250 g/mol. The molecule has 0 saturated heterocycles. The summed E-state index contributed by atoms with van der Waals surface area (Å²) in [6, 6.07) is 3.82. The molecule has 18 heavy (non-hydrogen) atoms. The van der Waals surface area contributed by atoms with Gasteiger partial charge in [-0.25, -0.2) is 0 Å². The zero-order valence-electron chi connectivity index (χ0n) is 11.8. The molecule has 0 aliphatic rings. The van der Waals surface area contributed by atoms with E-state index in [2.05, 4.69) is 5.32 Å². The lowest BCUT2D eigenvalue weighted by molar-refractivity contribution is -0.124. The van der Waals surface area contributed by atoms with Crippen molar-refractivity contribution in [2.45, 2.75) is 40.2 Å². The van der Waals surface area contributed by atoms with Crippen LogP contribution in [0.4, 0.5) is 5.69 Å². The van der Waals surface area contributed by atoms with Crippen molar-refractivity contribution in [2.75, 3.05) is 12.3 Å². The highest BCUT2D eigenvalue weighted by Gasteiger charge is 2.15. The molecule has 0 spiro atoms. The number of rotatable bonds is 3. The molecule has 0 saturated carbocycles. The molecule has 0 atom stereocenters. The van der Waals surface area contributed by atoms with Gasteiger partial charge in [-0.1, -0.05) is 6.07 Å². The second-order valence-corrected chi connectivity index (χ2v) is 5.59. The standard InChI is InChI=1S/C14H22N2O2/c1-9-6-10(2)13(11(15)7-9)18-8-12(17)16-14(3,4)5/h6-7H,8,15H2,1-5H3,(H,16,17). The molecular weight excluding hydrogens is 228 g/mol. The highest BCUT2D eigenvalue weighted by atomic mass is 16.5. The first-order valence-corrected chi connectivity index (χ1v) is 5.99. The number of anilines is 1. The zero-order valence-corrected chi connectivity index (χ0v) is 11.8. The van der Waals surface area contributed by atoms with Gasteiger partial charge in [-0.05, 0) is 51.8 Å². The quantitative estimate of drug-likeness (QED) is 0.808. The van der Waals surface area contributed by atoms with Gasteiger partial charge in [0.25, 0.3) is 5.91 Å². The number of carbonyl (C=O) groups is 1. The average Bonchev–Trinajstić information content (AvgIpc) is 2.12. The zero-order chi connectivity index (χ0) is 13.9. The molecule has 0 unspecified atom stereocenters. The number of nitrogens with two attached hydrogens (primary N) is 1. The minimum atomic E-state index is -0.256. The van der Waals surface area contributed by atoms with Crippen molar-refractivity contribution < 1.29 is 9.53 Å². The van der Waals surface area contributed by atoms with Crippen LogP contribution in [0.5, 0.6) is 5.75 Å². The lowest BCUT2D eigenvalue weighted by Crippen LogP contribution is -2.43. The largest absolute Gasteiger partial charge is 0.481 e. The van der Waals surface area contributed by atoms with Gasteiger partial charge < -0.3 is 15.8 Å². The minimum Gasteiger partial charge on any atom is -0.481 e. The molecule has 0 aliphatic carbocycles. The van der Waals surface area contributed by atoms with E-state index >= 15 is 0 Å². The number of nitrogen functional groups attached to an aromatic ring is 1. The molecule has 0 fully saturated rings. The highest BCUT2D eigenvalue weighted by molar-refractivity contribution is 5.78. The van der Waals surface area contributed by atoms with Crippen LogP contribution in [0.1, 0.15) is 31.9 Å². The Bertz CT molecular complexity index is 425. The van der Waals surface area contributed by atoms with Crippen LogP contribution in [0, 0.1) is 13.8 Å². The van der Waals surface area contributed by atoms with Crippen LogP contribution in [0.3, 0.4) is 0 Å².